The van der Waals surface area contributed by atoms with Crippen molar-refractivity contribution in [1.82, 2.24) is 5.32 Å². The Bertz CT molecular complexity index is 1110. The van der Waals surface area contributed by atoms with Crippen LogP contribution in [0, 0.1) is 5.92 Å². The fraction of sp³-hybridized carbons (Fsp3) is 0.391. The predicted octanol–water partition coefficient (Wildman–Crippen LogP) is 5.30. The molecule has 0 fully saturated rings. The molecule has 10 heteroatoms. The van der Waals surface area contributed by atoms with Gasteiger partial charge in [0.1, 0.15) is 33.1 Å². The average molecular weight is 496 g/mol. The summed E-state index contributed by atoms with van der Waals surface area (Å²) in [6, 6.07) is 11.9. The van der Waals surface area contributed by atoms with Gasteiger partial charge in [-0.15, -0.1) is 4.36 Å². The topological polar surface area (TPSA) is 120 Å². The van der Waals surface area contributed by atoms with Crippen molar-refractivity contribution in [1.29, 1.82) is 0 Å². The number of alkyl carbamates (subject to hydrolysis) is 1. The molecule has 3 N–H and O–H groups in total. The number of ether oxygens (including phenoxy) is 2. The molecule has 0 aliphatic carbocycles. The van der Waals surface area contributed by atoms with Crippen LogP contribution in [0.3, 0.4) is 0 Å². The van der Waals surface area contributed by atoms with Crippen LogP contribution in [-0.2, 0) is 19.4 Å². The maximum absolute atomic E-state index is 13.2. The Morgan fingerprint density at radius 3 is 2.36 bits per heavy atom. The molecule has 8 nitrogen and oxygen atoms in total. The number of amides is 2. The van der Waals surface area contributed by atoms with E-state index in [1.165, 1.54) is 12.1 Å². The number of nitrogens with two attached hydrogens (primary N) is 1. The van der Waals surface area contributed by atoms with Gasteiger partial charge in [-0.1, -0.05) is 37.9 Å². The molecule has 0 aromatic heterocycles. The monoisotopic (exact) mass is 495 g/mol. The van der Waals surface area contributed by atoms with Crippen LogP contribution < -0.4 is 15.2 Å². The molecule has 33 heavy (non-hydrogen) atoms. The van der Waals surface area contributed by atoms with Crippen LogP contribution in [0.25, 0.3) is 0 Å². The van der Waals surface area contributed by atoms with E-state index < -0.39 is 33.6 Å². The van der Waals surface area contributed by atoms with Crippen molar-refractivity contribution in [2.75, 3.05) is 0 Å². The van der Waals surface area contributed by atoms with E-state index in [2.05, 4.69) is 9.68 Å². The molecule has 3 atom stereocenters. The van der Waals surface area contributed by atoms with Gasteiger partial charge in [-0.3, -0.25) is 4.79 Å². The molecule has 0 radical (unpaired) electrons. The van der Waals surface area contributed by atoms with Gasteiger partial charge in [0.05, 0.1) is 4.90 Å². The maximum Gasteiger partial charge on any atom is 0.408 e. The second kappa shape index (κ2) is 11.0. The Morgan fingerprint density at radius 1 is 1.15 bits per heavy atom. The summed E-state index contributed by atoms with van der Waals surface area (Å²) in [5, 5.41) is 9.05. The lowest BCUT2D eigenvalue weighted by atomic mass is 9.99. The number of nitrogens with one attached hydrogen (secondary N) is 1. The van der Waals surface area contributed by atoms with E-state index in [0.29, 0.717) is 22.9 Å². The van der Waals surface area contributed by atoms with Gasteiger partial charge in [-0.25, -0.2) is 14.1 Å². The van der Waals surface area contributed by atoms with E-state index >= 15 is 0 Å². The third kappa shape index (κ3) is 8.34. The minimum absolute atomic E-state index is 0.113. The molecule has 0 heterocycles. The Balaban J connectivity index is 2.28. The molecule has 1 unspecified atom stereocenters. The molecule has 0 aliphatic heterocycles. The van der Waals surface area contributed by atoms with E-state index in [4.69, 9.17) is 26.2 Å². The smallest absolute Gasteiger partial charge is 0.408 e. The van der Waals surface area contributed by atoms with Crippen LogP contribution in [-0.4, -0.2) is 27.9 Å². The summed E-state index contributed by atoms with van der Waals surface area (Å²) in [4.78, 5) is 25.2. The van der Waals surface area contributed by atoms with E-state index in [1.54, 1.807) is 64.1 Å². The number of rotatable bonds is 7. The van der Waals surface area contributed by atoms with Gasteiger partial charge in [0, 0.05) is 5.02 Å². The molecular weight excluding hydrogens is 466 g/mol. The highest BCUT2D eigenvalue weighted by Crippen LogP contribution is 2.25. The molecule has 0 aliphatic rings. The predicted molar refractivity (Wildman–Crippen MR) is 129 cm³/mol. The van der Waals surface area contributed by atoms with Crippen molar-refractivity contribution < 1.29 is 23.3 Å². The standard InChI is InChI=1S/C23H30ClN3O5S/c1-6-15(2)20(26-22(29)32-23(3,4)5)21(28)27-33(25,30)19-9-7-8-18(14-19)31-17-12-10-16(24)11-13-17/h7-15,20H,6H2,1-5H3,(H,26,29)(H2,25,27,28,30)/t15-,20-,33?/m0/s1. The van der Waals surface area contributed by atoms with E-state index in [0.717, 1.165) is 0 Å². The van der Waals surface area contributed by atoms with Crippen molar-refractivity contribution in [3.8, 4) is 11.5 Å². The van der Waals surface area contributed by atoms with Gasteiger partial charge >= 0.3 is 6.09 Å². The van der Waals surface area contributed by atoms with Crippen molar-refractivity contribution in [2.24, 2.45) is 15.4 Å². The van der Waals surface area contributed by atoms with Crippen molar-refractivity contribution in [2.45, 2.75) is 57.6 Å². The Morgan fingerprint density at radius 2 is 1.79 bits per heavy atom. The molecule has 2 amide bonds. The summed E-state index contributed by atoms with van der Waals surface area (Å²) in [6.07, 6.45) is -0.198. The first-order chi connectivity index (χ1) is 15.3. The lowest BCUT2D eigenvalue weighted by Crippen LogP contribution is -2.46. The van der Waals surface area contributed by atoms with Crippen LogP contribution in [0.4, 0.5) is 4.79 Å². The van der Waals surface area contributed by atoms with Crippen LogP contribution in [0.2, 0.25) is 5.02 Å². The maximum atomic E-state index is 13.2. The zero-order valence-electron chi connectivity index (χ0n) is 19.3. The molecule has 0 bridgehead atoms. The fourth-order valence-corrected chi connectivity index (χ4v) is 3.89. The summed E-state index contributed by atoms with van der Waals surface area (Å²) in [6.45, 7) is 8.77. The highest BCUT2D eigenvalue weighted by molar-refractivity contribution is 7.91. The summed E-state index contributed by atoms with van der Waals surface area (Å²) in [5.41, 5.74) is -0.740. The minimum Gasteiger partial charge on any atom is -0.457 e. The molecule has 0 saturated carbocycles. The Labute approximate surface area is 200 Å². The van der Waals surface area contributed by atoms with E-state index in [-0.39, 0.29) is 10.8 Å². The highest BCUT2D eigenvalue weighted by Gasteiger charge is 2.29. The molecule has 2 aromatic rings. The van der Waals surface area contributed by atoms with Crippen LogP contribution in [0.1, 0.15) is 41.0 Å². The molecular formula is C23H30ClN3O5S. The summed E-state index contributed by atoms with van der Waals surface area (Å²) in [7, 11) is -3.61. The summed E-state index contributed by atoms with van der Waals surface area (Å²) >= 11 is 5.88. The first-order valence-corrected chi connectivity index (χ1v) is 12.4. The third-order valence-corrected chi connectivity index (χ3v) is 6.20. The van der Waals surface area contributed by atoms with Crippen LogP contribution in [0.5, 0.6) is 11.5 Å². The first kappa shape index (κ1) is 26.6. The van der Waals surface area contributed by atoms with Crippen molar-refractivity contribution in [3.05, 3.63) is 53.6 Å². The highest BCUT2D eigenvalue weighted by atomic mass is 35.5. The molecule has 2 rings (SSSR count). The summed E-state index contributed by atoms with van der Waals surface area (Å²) in [5.74, 6) is -0.206. The number of nitrogens with zero attached hydrogens (tertiary/aromatic N) is 1. The molecule has 0 spiro atoms. The van der Waals surface area contributed by atoms with Gasteiger partial charge < -0.3 is 14.8 Å². The number of carbonyl (C=O) groups excluding carboxylic acids is 2. The summed E-state index contributed by atoms with van der Waals surface area (Å²) < 4.78 is 27.9. The zero-order chi connectivity index (χ0) is 24.8. The van der Waals surface area contributed by atoms with Gasteiger partial charge in [0.25, 0.3) is 5.91 Å². The third-order valence-electron chi connectivity index (χ3n) is 4.57. The number of hydrogen-bond donors (Lipinski definition) is 2. The van der Waals surface area contributed by atoms with Gasteiger partial charge in [0.15, 0.2) is 0 Å². The molecule has 0 saturated heterocycles. The lowest BCUT2D eigenvalue weighted by Gasteiger charge is -2.25. The quantitative estimate of drug-likeness (QED) is 0.540. The number of carbonyl (C=O) groups is 2. The SMILES string of the molecule is CC[C@H](C)[C@H](NC(=O)OC(C)(C)C)C(=O)N=S(N)(=O)c1cccc(Oc2ccc(Cl)cc2)c1. The normalized spacial score (nSPS) is 15.0. The largest absolute Gasteiger partial charge is 0.457 e. The van der Waals surface area contributed by atoms with Crippen molar-refractivity contribution in [3.63, 3.8) is 0 Å². The first-order valence-electron chi connectivity index (χ1n) is 10.4. The van der Waals surface area contributed by atoms with Crippen molar-refractivity contribution >= 4 is 33.5 Å². The fourth-order valence-electron chi connectivity index (χ4n) is 2.72. The zero-order valence-corrected chi connectivity index (χ0v) is 20.9. The Hall–Kier alpha value is -2.62. The second-order valence-corrected chi connectivity index (χ2v) is 10.8. The average Bonchev–Trinajstić information content (AvgIpc) is 2.71. The van der Waals surface area contributed by atoms with E-state index in [9.17, 15) is 13.8 Å². The van der Waals surface area contributed by atoms with Crippen LogP contribution >= 0.6 is 11.6 Å². The number of hydrogen-bond acceptors (Lipinski definition) is 5. The van der Waals surface area contributed by atoms with Gasteiger partial charge in [-0.2, -0.15) is 0 Å². The van der Waals surface area contributed by atoms with Crippen LogP contribution in [0.15, 0.2) is 57.8 Å². The second-order valence-electron chi connectivity index (χ2n) is 8.54. The number of benzene rings is 2. The van der Waals surface area contributed by atoms with Gasteiger partial charge in [0.2, 0.25) is 0 Å². The van der Waals surface area contributed by atoms with E-state index in [1.807, 2.05) is 6.92 Å². The molecule has 2 aromatic carbocycles. The lowest BCUT2D eigenvalue weighted by molar-refractivity contribution is -0.120. The molecule has 180 valence electrons. The Kier molecular flexibility index (Phi) is 8.88. The van der Waals surface area contributed by atoms with Gasteiger partial charge in [-0.05, 0) is 69.2 Å². The minimum atomic E-state index is -3.61. The number of halogens is 1.